The van der Waals surface area contributed by atoms with Gasteiger partial charge in [-0.05, 0) is 23.4 Å². The standard InChI is InChI=1S/C9H7NO2S/c10-6-13-8-4-2-1-3-7(8)5-9(11)12/h1-4H,5H2,(H,11,12). The van der Waals surface area contributed by atoms with Gasteiger partial charge in [-0.3, -0.25) is 4.79 Å². The summed E-state index contributed by atoms with van der Waals surface area (Å²) >= 11 is 0.986. The van der Waals surface area contributed by atoms with Gasteiger partial charge in [-0.2, -0.15) is 5.26 Å². The molecule has 0 atom stereocenters. The molecule has 3 nitrogen and oxygen atoms in total. The molecule has 4 heteroatoms. The van der Waals surface area contributed by atoms with Gasteiger partial charge in [0, 0.05) is 4.90 Å². The first-order chi connectivity index (χ1) is 6.24. The van der Waals surface area contributed by atoms with E-state index in [1.165, 1.54) is 0 Å². The van der Waals surface area contributed by atoms with Gasteiger partial charge in [0.1, 0.15) is 5.40 Å². The predicted molar refractivity (Wildman–Crippen MR) is 49.3 cm³/mol. The average Bonchev–Trinajstić information content (AvgIpc) is 2.08. The average molecular weight is 193 g/mol. The lowest BCUT2D eigenvalue weighted by Crippen LogP contribution is -2.00. The number of hydrogen-bond donors (Lipinski definition) is 1. The van der Waals surface area contributed by atoms with Crippen molar-refractivity contribution in [2.24, 2.45) is 0 Å². The normalized spacial score (nSPS) is 9.15. The molecule has 0 aliphatic rings. The van der Waals surface area contributed by atoms with Crippen LogP contribution in [-0.4, -0.2) is 11.1 Å². The number of nitriles is 1. The van der Waals surface area contributed by atoms with Crippen molar-refractivity contribution in [3.63, 3.8) is 0 Å². The molecule has 66 valence electrons. The molecule has 0 aliphatic carbocycles. The topological polar surface area (TPSA) is 61.1 Å². The highest BCUT2D eigenvalue weighted by Crippen LogP contribution is 2.21. The van der Waals surface area contributed by atoms with Crippen LogP contribution in [0.4, 0.5) is 0 Å². The number of aliphatic carboxylic acids is 1. The summed E-state index contributed by atoms with van der Waals surface area (Å²) in [5.74, 6) is -0.883. The van der Waals surface area contributed by atoms with Gasteiger partial charge < -0.3 is 5.11 Å². The Balaban J connectivity index is 2.92. The first kappa shape index (κ1) is 9.62. The summed E-state index contributed by atoms with van der Waals surface area (Å²) in [4.78, 5) is 11.1. The zero-order valence-corrected chi connectivity index (χ0v) is 7.54. The van der Waals surface area contributed by atoms with Crippen molar-refractivity contribution in [1.29, 1.82) is 5.26 Å². The Morgan fingerprint density at radius 1 is 1.54 bits per heavy atom. The number of thioether (sulfide) groups is 1. The van der Waals surface area contributed by atoms with E-state index in [0.29, 0.717) is 10.5 Å². The molecule has 0 heterocycles. The van der Waals surface area contributed by atoms with Crippen LogP contribution in [0.25, 0.3) is 0 Å². The maximum absolute atomic E-state index is 10.4. The molecule has 0 amide bonds. The molecule has 13 heavy (non-hydrogen) atoms. The third-order valence-corrected chi connectivity index (χ3v) is 2.18. The van der Waals surface area contributed by atoms with E-state index in [-0.39, 0.29) is 6.42 Å². The Morgan fingerprint density at radius 2 is 2.23 bits per heavy atom. The predicted octanol–water partition coefficient (Wildman–Crippen LogP) is 1.89. The second kappa shape index (κ2) is 4.53. The van der Waals surface area contributed by atoms with Crippen LogP contribution in [0.5, 0.6) is 0 Å². The van der Waals surface area contributed by atoms with Crippen molar-refractivity contribution in [2.75, 3.05) is 0 Å². The number of carboxylic acid groups (broad SMARTS) is 1. The lowest BCUT2D eigenvalue weighted by molar-refractivity contribution is -0.136. The number of nitrogens with zero attached hydrogens (tertiary/aromatic N) is 1. The molecule has 0 unspecified atom stereocenters. The summed E-state index contributed by atoms with van der Waals surface area (Å²) in [6.07, 6.45) is -0.0369. The Kier molecular flexibility index (Phi) is 3.35. The molecule has 0 fully saturated rings. The molecule has 0 bridgehead atoms. The van der Waals surface area contributed by atoms with Crippen molar-refractivity contribution < 1.29 is 9.90 Å². The molecule has 0 saturated carbocycles. The zero-order valence-electron chi connectivity index (χ0n) is 6.73. The molecular formula is C9H7NO2S. The lowest BCUT2D eigenvalue weighted by Gasteiger charge is -2.01. The van der Waals surface area contributed by atoms with Crippen LogP contribution in [0, 0.1) is 10.7 Å². The number of hydrogen-bond acceptors (Lipinski definition) is 3. The zero-order chi connectivity index (χ0) is 9.68. The van der Waals surface area contributed by atoms with Crippen molar-refractivity contribution in [2.45, 2.75) is 11.3 Å². The monoisotopic (exact) mass is 193 g/mol. The smallest absolute Gasteiger partial charge is 0.307 e. The van der Waals surface area contributed by atoms with Crippen LogP contribution in [0.2, 0.25) is 0 Å². The molecule has 1 aromatic carbocycles. The highest BCUT2D eigenvalue weighted by molar-refractivity contribution is 8.03. The first-order valence-electron chi connectivity index (χ1n) is 3.59. The van der Waals surface area contributed by atoms with Gasteiger partial charge in [-0.15, -0.1) is 0 Å². The van der Waals surface area contributed by atoms with Crippen molar-refractivity contribution in [1.82, 2.24) is 0 Å². The highest BCUT2D eigenvalue weighted by atomic mass is 32.2. The van der Waals surface area contributed by atoms with E-state index in [4.69, 9.17) is 10.4 Å². The quantitative estimate of drug-likeness (QED) is 0.588. The maximum Gasteiger partial charge on any atom is 0.307 e. The summed E-state index contributed by atoms with van der Waals surface area (Å²) in [6, 6.07) is 7.00. The number of benzene rings is 1. The van der Waals surface area contributed by atoms with Crippen LogP contribution >= 0.6 is 11.8 Å². The molecule has 1 aromatic rings. The minimum absolute atomic E-state index is 0.0369. The van der Waals surface area contributed by atoms with Crippen LogP contribution in [0.15, 0.2) is 29.2 Å². The molecule has 0 spiro atoms. The van der Waals surface area contributed by atoms with Crippen LogP contribution in [0.3, 0.4) is 0 Å². The van der Waals surface area contributed by atoms with Crippen LogP contribution in [0.1, 0.15) is 5.56 Å². The fourth-order valence-electron chi connectivity index (χ4n) is 0.962. The van der Waals surface area contributed by atoms with E-state index in [2.05, 4.69) is 0 Å². The summed E-state index contributed by atoms with van der Waals surface area (Å²) in [7, 11) is 0. The number of carbonyl (C=O) groups is 1. The van der Waals surface area contributed by atoms with Crippen molar-refractivity contribution >= 4 is 17.7 Å². The van der Waals surface area contributed by atoms with E-state index >= 15 is 0 Å². The highest BCUT2D eigenvalue weighted by Gasteiger charge is 2.05. The van der Waals surface area contributed by atoms with Gasteiger partial charge in [-0.25, -0.2) is 0 Å². The fourth-order valence-corrected chi connectivity index (χ4v) is 1.48. The first-order valence-corrected chi connectivity index (χ1v) is 4.41. The second-order valence-electron chi connectivity index (χ2n) is 2.37. The van der Waals surface area contributed by atoms with Gasteiger partial charge in [-0.1, -0.05) is 18.2 Å². The molecular weight excluding hydrogens is 186 g/mol. The Labute approximate surface area is 80.0 Å². The SMILES string of the molecule is N#CSc1ccccc1CC(=O)O. The fraction of sp³-hybridized carbons (Fsp3) is 0.111. The Bertz CT molecular complexity index is 357. The maximum atomic E-state index is 10.4. The summed E-state index contributed by atoms with van der Waals surface area (Å²) in [5, 5.41) is 18.9. The van der Waals surface area contributed by atoms with E-state index in [1.807, 2.05) is 5.40 Å². The van der Waals surface area contributed by atoms with Gasteiger partial charge in [0.05, 0.1) is 6.42 Å². The minimum Gasteiger partial charge on any atom is -0.481 e. The molecule has 0 saturated heterocycles. The molecule has 1 N–H and O–H groups in total. The molecule has 1 rings (SSSR count). The van der Waals surface area contributed by atoms with E-state index < -0.39 is 5.97 Å². The van der Waals surface area contributed by atoms with Crippen LogP contribution in [-0.2, 0) is 11.2 Å². The molecule has 0 aromatic heterocycles. The van der Waals surface area contributed by atoms with Gasteiger partial charge in [0.15, 0.2) is 0 Å². The third-order valence-electron chi connectivity index (χ3n) is 1.47. The second-order valence-corrected chi connectivity index (χ2v) is 3.20. The van der Waals surface area contributed by atoms with Crippen molar-refractivity contribution in [3.8, 4) is 5.40 Å². The summed E-state index contributed by atoms with van der Waals surface area (Å²) < 4.78 is 0. The summed E-state index contributed by atoms with van der Waals surface area (Å²) in [5.41, 5.74) is 0.682. The Morgan fingerprint density at radius 3 is 2.85 bits per heavy atom. The third kappa shape index (κ3) is 2.80. The van der Waals surface area contributed by atoms with Crippen molar-refractivity contribution in [3.05, 3.63) is 29.8 Å². The summed E-state index contributed by atoms with van der Waals surface area (Å²) in [6.45, 7) is 0. The van der Waals surface area contributed by atoms with E-state index in [0.717, 1.165) is 11.8 Å². The molecule has 0 radical (unpaired) electrons. The molecule has 0 aliphatic heterocycles. The Hall–Kier alpha value is -1.47. The van der Waals surface area contributed by atoms with Gasteiger partial charge in [0.25, 0.3) is 0 Å². The number of thiocyanates is 1. The van der Waals surface area contributed by atoms with Gasteiger partial charge in [0.2, 0.25) is 0 Å². The lowest BCUT2D eigenvalue weighted by atomic mass is 10.1. The van der Waals surface area contributed by atoms with Crippen LogP contribution < -0.4 is 0 Å². The van der Waals surface area contributed by atoms with E-state index in [1.54, 1.807) is 24.3 Å². The minimum atomic E-state index is -0.883. The number of rotatable bonds is 3. The number of carboxylic acids is 1. The van der Waals surface area contributed by atoms with Gasteiger partial charge >= 0.3 is 5.97 Å². The van der Waals surface area contributed by atoms with E-state index in [9.17, 15) is 4.79 Å². The largest absolute Gasteiger partial charge is 0.481 e.